The molecule has 0 saturated carbocycles. The van der Waals surface area contributed by atoms with E-state index in [1.54, 1.807) is 0 Å². The van der Waals surface area contributed by atoms with Crippen LogP contribution in [0.4, 0.5) is 10.1 Å². The molecule has 1 aromatic carbocycles. The lowest BCUT2D eigenvalue weighted by atomic mass is 10.2. The molecule has 0 radical (unpaired) electrons. The Labute approximate surface area is 118 Å². The maximum Gasteiger partial charge on any atom is 0.357 e. The van der Waals surface area contributed by atoms with E-state index in [4.69, 9.17) is 22.6 Å². The number of benzene rings is 1. The molecule has 0 bridgehead atoms. The van der Waals surface area contributed by atoms with E-state index in [1.165, 1.54) is 30.0 Å². The quantitative estimate of drug-likeness (QED) is 0.863. The zero-order chi connectivity index (χ0) is 14.9. The molecule has 20 heavy (non-hydrogen) atoms. The summed E-state index contributed by atoms with van der Waals surface area (Å²) >= 11 is 5.99. The maximum atomic E-state index is 13.4. The maximum absolute atomic E-state index is 13.4. The van der Waals surface area contributed by atoms with Crippen LogP contribution >= 0.6 is 11.6 Å². The number of nitriles is 1. The van der Waals surface area contributed by atoms with Gasteiger partial charge < -0.3 is 15.0 Å². The van der Waals surface area contributed by atoms with Crippen LogP contribution in [0.5, 0.6) is 0 Å². The molecule has 0 spiro atoms. The Kier molecular flexibility index (Phi) is 3.63. The average Bonchev–Trinajstić information content (AvgIpc) is 2.77. The van der Waals surface area contributed by atoms with Gasteiger partial charge in [0.1, 0.15) is 11.9 Å². The number of methoxy groups -OCH3 is 1. The molecule has 0 aliphatic carbocycles. The molecule has 2 N–H and O–H groups in total. The first-order valence-electron chi connectivity index (χ1n) is 5.44. The molecule has 1 aromatic heterocycles. The van der Waals surface area contributed by atoms with Gasteiger partial charge in [-0.15, -0.1) is 0 Å². The summed E-state index contributed by atoms with van der Waals surface area (Å²) in [5.74, 6) is -1.28. The summed E-state index contributed by atoms with van der Waals surface area (Å²) in [5, 5.41) is 9.18. The minimum Gasteiger partial charge on any atom is -0.464 e. The molecule has 0 fully saturated rings. The fraction of sp³-hybridized carbons (Fsp3) is 0.0769. The molecule has 0 atom stereocenters. The molecule has 7 heteroatoms. The van der Waals surface area contributed by atoms with Crippen LogP contribution in [0.2, 0.25) is 5.02 Å². The van der Waals surface area contributed by atoms with Crippen molar-refractivity contribution in [3.63, 3.8) is 0 Å². The van der Waals surface area contributed by atoms with Gasteiger partial charge in [0, 0.05) is 6.20 Å². The first kappa shape index (κ1) is 13.9. The summed E-state index contributed by atoms with van der Waals surface area (Å²) in [5.41, 5.74) is 5.89. The Bertz CT molecular complexity index is 734. The third-order valence-electron chi connectivity index (χ3n) is 2.71. The molecule has 2 rings (SSSR count). The minimum absolute atomic E-state index is 0.0420. The van der Waals surface area contributed by atoms with Crippen molar-refractivity contribution in [2.24, 2.45) is 0 Å². The molecule has 102 valence electrons. The number of carbonyl (C=O) groups excluding carboxylic acids is 1. The number of ether oxygens (including phenoxy) is 1. The molecule has 0 aliphatic rings. The zero-order valence-electron chi connectivity index (χ0n) is 10.4. The van der Waals surface area contributed by atoms with E-state index in [0.29, 0.717) is 0 Å². The number of hydrogen-bond donors (Lipinski definition) is 1. The molecule has 2 aromatic rings. The van der Waals surface area contributed by atoms with Crippen LogP contribution in [-0.2, 0) is 4.74 Å². The van der Waals surface area contributed by atoms with Crippen molar-refractivity contribution in [2.75, 3.05) is 12.8 Å². The third kappa shape index (κ3) is 2.19. The van der Waals surface area contributed by atoms with Crippen LogP contribution < -0.4 is 5.73 Å². The van der Waals surface area contributed by atoms with Gasteiger partial charge in [-0.25, -0.2) is 9.18 Å². The summed E-state index contributed by atoms with van der Waals surface area (Å²) in [6.07, 6.45) is 1.31. The minimum atomic E-state index is -0.746. The Morgan fingerprint density at radius 1 is 1.55 bits per heavy atom. The second kappa shape index (κ2) is 5.23. The summed E-state index contributed by atoms with van der Waals surface area (Å²) in [6.45, 7) is 0. The average molecular weight is 294 g/mol. The predicted molar refractivity (Wildman–Crippen MR) is 71.2 cm³/mol. The van der Waals surface area contributed by atoms with Crippen LogP contribution in [0.25, 0.3) is 5.69 Å². The Morgan fingerprint density at radius 2 is 2.25 bits per heavy atom. The molecule has 1 heterocycles. The molecule has 5 nitrogen and oxygen atoms in total. The number of anilines is 1. The van der Waals surface area contributed by atoms with E-state index in [1.807, 2.05) is 6.07 Å². The van der Waals surface area contributed by atoms with Gasteiger partial charge >= 0.3 is 5.97 Å². The van der Waals surface area contributed by atoms with Gasteiger partial charge in [0.2, 0.25) is 0 Å². The number of nitrogen functional groups attached to an aromatic ring is 1. The van der Waals surface area contributed by atoms with Crippen molar-refractivity contribution >= 4 is 23.3 Å². The number of rotatable bonds is 2. The lowest BCUT2D eigenvalue weighted by molar-refractivity contribution is 0.0593. The van der Waals surface area contributed by atoms with Crippen LogP contribution in [0.15, 0.2) is 24.4 Å². The van der Waals surface area contributed by atoms with Gasteiger partial charge in [-0.2, -0.15) is 5.26 Å². The first-order chi connectivity index (χ1) is 9.49. The molecule has 0 aliphatic heterocycles. The Hall–Kier alpha value is -2.52. The normalized spacial score (nSPS) is 10.1. The van der Waals surface area contributed by atoms with E-state index in [2.05, 4.69) is 4.74 Å². The summed E-state index contributed by atoms with van der Waals surface area (Å²) < 4.78 is 19.2. The van der Waals surface area contributed by atoms with Crippen molar-refractivity contribution in [1.29, 1.82) is 5.26 Å². The van der Waals surface area contributed by atoms with Crippen LogP contribution in [-0.4, -0.2) is 17.6 Å². The number of halogens is 2. The molecule has 0 saturated heterocycles. The Morgan fingerprint density at radius 3 is 2.85 bits per heavy atom. The van der Waals surface area contributed by atoms with Crippen molar-refractivity contribution in [1.82, 2.24) is 4.57 Å². The standard InChI is InChI=1S/C13H9ClFN3O2/c1-20-13(19)12-11(17)7(5-16)6-18(12)10-4-8(15)2-3-9(10)14/h2-4,6H,17H2,1H3. The van der Waals surface area contributed by atoms with Crippen LogP contribution in [0, 0.1) is 17.1 Å². The highest BCUT2D eigenvalue weighted by molar-refractivity contribution is 6.32. The van der Waals surface area contributed by atoms with E-state index in [0.717, 1.165) is 6.07 Å². The van der Waals surface area contributed by atoms with Gasteiger partial charge in [0.05, 0.1) is 29.1 Å². The highest BCUT2D eigenvalue weighted by atomic mass is 35.5. The lowest BCUT2D eigenvalue weighted by Gasteiger charge is -2.10. The van der Waals surface area contributed by atoms with Gasteiger partial charge in [0.15, 0.2) is 5.69 Å². The zero-order valence-corrected chi connectivity index (χ0v) is 11.1. The van der Waals surface area contributed by atoms with E-state index in [-0.39, 0.29) is 27.7 Å². The van der Waals surface area contributed by atoms with E-state index in [9.17, 15) is 9.18 Å². The van der Waals surface area contributed by atoms with Gasteiger partial charge in [-0.05, 0) is 18.2 Å². The van der Waals surface area contributed by atoms with Crippen molar-refractivity contribution < 1.29 is 13.9 Å². The largest absolute Gasteiger partial charge is 0.464 e. The first-order valence-corrected chi connectivity index (χ1v) is 5.82. The number of esters is 1. The molecule has 0 amide bonds. The molecule has 0 unspecified atom stereocenters. The highest BCUT2D eigenvalue weighted by Crippen LogP contribution is 2.29. The fourth-order valence-corrected chi connectivity index (χ4v) is 1.98. The third-order valence-corrected chi connectivity index (χ3v) is 3.03. The highest BCUT2D eigenvalue weighted by Gasteiger charge is 2.22. The predicted octanol–water partition coefficient (Wildman–Crippen LogP) is 2.51. The number of aromatic nitrogens is 1. The van der Waals surface area contributed by atoms with Crippen LogP contribution in [0.3, 0.4) is 0 Å². The second-order valence-electron chi connectivity index (χ2n) is 3.87. The second-order valence-corrected chi connectivity index (χ2v) is 4.28. The number of nitrogens with two attached hydrogens (primary N) is 1. The fourth-order valence-electron chi connectivity index (χ4n) is 1.78. The number of hydrogen-bond acceptors (Lipinski definition) is 4. The van der Waals surface area contributed by atoms with Crippen molar-refractivity contribution in [2.45, 2.75) is 0 Å². The SMILES string of the molecule is COC(=O)c1c(N)c(C#N)cn1-c1cc(F)ccc1Cl. The van der Waals surface area contributed by atoms with E-state index < -0.39 is 11.8 Å². The van der Waals surface area contributed by atoms with Gasteiger partial charge in [-0.3, -0.25) is 0 Å². The molecular formula is C13H9ClFN3O2. The van der Waals surface area contributed by atoms with Gasteiger partial charge in [0.25, 0.3) is 0 Å². The van der Waals surface area contributed by atoms with E-state index >= 15 is 0 Å². The summed E-state index contributed by atoms with van der Waals surface area (Å²) in [7, 11) is 1.18. The van der Waals surface area contributed by atoms with Crippen molar-refractivity contribution in [3.05, 3.63) is 46.5 Å². The summed E-state index contributed by atoms with van der Waals surface area (Å²) in [4.78, 5) is 11.8. The Balaban J connectivity index is 2.77. The van der Waals surface area contributed by atoms with Crippen molar-refractivity contribution in [3.8, 4) is 11.8 Å². The number of nitrogens with zero attached hydrogens (tertiary/aromatic N) is 2. The topological polar surface area (TPSA) is 81.0 Å². The monoisotopic (exact) mass is 293 g/mol. The van der Waals surface area contributed by atoms with Gasteiger partial charge in [-0.1, -0.05) is 11.6 Å². The number of carbonyl (C=O) groups is 1. The smallest absolute Gasteiger partial charge is 0.357 e. The molecular weight excluding hydrogens is 285 g/mol. The summed E-state index contributed by atoms with van der Waals surface area (Å²) in [6, 6.07) is 5.51. The lowest BCUT2D eigenvalue weighted by Crippen LogP contribution is -2.11. The van der Waals surface area contributed by atoms with Crippen LogP contribution in [0.1, 0.15) is 16.1 Å².